The average molecular weight is 285 g/mol. The van der Waals surface area contributed by atoms with Crippen LogP contribution in [0.1, 0.15) is 0 Å². The van der Waals surface area contributed by atoms with Crippen molar-refractivity contribution in [2.45, 2.75) is 6.10 Å². The van der Waals surface area contributed by atoms with E-state index in [1.165, 1.54) is 0 Å². The number of hydrogen-bond acceptors (Lipinski definition) is 8. The first-order chi connectivity index (χ1) is 8.55. The van der Waals surface area contributed by atoms with Gasteiger partial charge in [0.1, 0.15) is 6.61 Å². The van der Waals surface area contributed by atoms with Gasteiger partial charge in [-0.25, -0.2) is 4.57 Å². The molecule has 0 aliphatic rings. The fraction of sp³-hybridized carbons (Fsp3) is 0.750. The second-order valence-corrected chi connectivity index (χ2v) is 4.44. The molecule has 0 rings (SSSR count). The van der Waals surface area contributed by atoms with E-state index in [0.29, 0.717) is 6.54 Å². The van der Waals surface area contributed by atoms with Crippen molar-refractivity contribution in [2.24, 2.45) is 0 Å². The summed E-state index contributed by atoms with van der Waals surface area (Å²) in [6.07, 6.45) is -0.971. The van der Waals surface area contributed by atoms with E-state index in [1.54, 1.807) is 7.05 Å². The number of ether oxygens (including phenoxy) is 2. The lowest BCUT2D eigenvalue weighted by Crippen LogP contribution is -2.25. The van der Waals surface area contributed by atoms with Crippen molar-refractivity contribution >= 4 is 20.8 Å². The van der Waals surface area contributed by atoms with Gasteiger partial charge < -0.3 is 19.7 Å². The largest absolute Gasteiger partial charge is 0.472 e. The third kappa shape index (κ3) is 9.08. The summed E-state index contributed by atoms with van der Waals surface area (Å²) < 4.78 is 29.3. The van der Waals surface area contributed by atoms with Gasteiger partial charge in [-0.3, -0.25) is 18.6 Å². The van der Waals surface area contributed by atoms with Gasteiger partial charge in [-0.1, -0.05) is 0 Å². The third-order valence-corrected chi connectivity index (χ3v) is 2.61. The molecule has 0 saturated carbocycles. The van der Waals surface area contributed by atoms with Gasteiger partial charge in [0.05, 0.1) is 13.2 Å². The number of phosphoric acid groups is 1. The van der Waals surface area contributed by atoms with Crippen molar-refractivity contribution in [3.63, 3.8) is 0 Å². The summed E-state index contributed by atoms with van der Waals surface area (Å²) >= 11 is 0. The summed E-state index contributed by atoms with van der Waals surface area (Å²) in [5, 5.41) is 2.71. The summed E-state index contributed by atoms with van der Waals surface area (Å²) in [4.78, 5) is 29.3. The normalized spacial score (nSPS) is 15.4. The van der Waals surface area contributed by atoms with Crippen LogP contribution in [0.15, 0.2) is 0 Å². The molecule has 9 nitrogen and oxygen atoms in total. The van der Waals surface area contributed by atoms with Crippen LogP contribution in [0.3, 0.4) is 0 Å². The minimum atomic E-state index is -4.21. The van der Waals surface area contributed by atoms with E-state index < -0.39 is 20.5 Å². The molecule has 10 heteroatoms. The van der Waals surface area contributed by atoms with Crippen LogP contribution < -0.4 is 5.32 Å². The van der Waals surface area contributed by atoms with Crippen LogP contribution in [0.2, 0.25) is 0 Å². The maximum atomic E-state index is 11.3. The Bertz CT molecular complexity index is 286. The highest BCUT2D eigenvalue weighted by atomic mass is 31.2. The topological polar surface area (TPSA) is 120 Å². The van der Waals surface area contributed by atoms with Crippen LogP contribution in [0.5, 0.6) is 0 Å². The van der Waals surface area contributed by atoms with E-state index in [-0.39, 0.29) is 26.2 Å². The third-order valence-electron chi connectivity index (χ3n) is 1.63. The standard InChI is InChI=1S/C8H16NO8P/c1-9-2-3-16-18(12,13)17-5-8(15-7-11)4-14-6-10/h6-9H,2-5H2,1H3,(H,12,13)/t8-/m1/s1. The van der Waals surface area contributed by atoms with Crippen molar-refractivity contribution in [3.05, 3.63) is 0 Å². The summed E-state index contributed by atoms with van der Waals surface area (Å²) in [5.41, 5.74) is 0. The Morgan fingerprint density at radius 1 is 1.28 bits per heavy atom. The first-order valence-corrected chi connectivity index (χ1v) is 6.46. The second kappa shape index (κ2) is 9.98. The molecule has 0 radical (unpaired) electrons. The van der Waals surface area contributed by atoms with Gasteiger partial charge in [-0.2, -0.15) is 0 Å². The van der Waals surface area contributed by atoms with Crippen LogP contribution in [0, 0.1) is 0 Å². The molecule has 0 saturated heterocycles. The zero-order valence-corrected chi connectivity index (χ0v) is 10.7. The molecular formula is C8H16NO8P. The maximum absolute atomic E-state index is 11.3. The molecule has 106 valence electrons. The molecule has 2 atom stereocenters. The summed E-state index contributed by atoms with van der Waals surface area (Å²) in [6, 6.07) is 0. The zero-order valence-electron chi connectivity index (χ0n) is 9.81. The molecule has 18 heavy (non-hydrogen) atoms. The SMILES string of the molecule is CNCCOP(=O)(O)OC[C@@H](COC=O)OC=O. The maximum Gasteiger partial charge on any atom is 0.472 e. The monoisotopic (exact) mass is 285 g/mol. The molecule has 0 aromatic heterocycles. The fourth-order valence-electron chi connectivity index (χ4n) is 0.830. The number of nitrogens with one attached hydrogen (secondary N) is 1. The van der Waals surface area contributed by atoms with Gasteiger partial charge in [0, 0.05) is 6.54 Å². The Balaban J connectivity index is 4.01. The van der Waals surface area contributed by atoms with E-state index in [9.17, 15) is 19.0 Å². The predicted molar refractivity (Wildman–Crippen MR) is 58.6 cm³/mol. The molecule has 0 heterocycles. The van der Waals surface area contributed by atoms with Crippen LogP contribution in [-0.4, -0.2) is 57.4 Å². The number of hydrogen-bond donors (Lipinski definition) is 2. The van der Waals surface area contributed by atoms with Crippen LogP contribution in [0.4, 0.5) is 0 Å². The summed E-state index contributed by atoms with van der Waals surface area (Å²) in [6.45, 7) is -0.0844. The fourth-order valence-corrected chi connectivity index (χ4v) is 1.58. The lowest BCUT2D eigenvalue weighted by atomic mass is 10.4. The van der Waals surface area contributed by atoms with E-state index in [1.807, 2.05) is 0 Å². The Morgan fingerprint density at radius 2 is 2.00 bits per heavy atom. The Kier molecular flexibility index (Phi) is 9.43. The molecule has 2 N–H and O–H groups in total. The van der Waals surface area contributed by atoms with Crippen molar-refractivity contribution in [1.82, 2.24) is 5.32 Å². The molecule has 1 unspecified atom stereocenters. The molecule has 0 amide bonds. The van der Waals surface area contributed by atoms with Crippen LogP contribution in [0.25, 0.3) is 0 Å². The molecule has 0 aliphatic heterocycles. The Hall–Kier alpha value is -0.990. The zero-order chi connectivity index (χ0) is 13.9. The highest BCUT2D eigenvalue weighted by Gasteiger charge is 2.23. The lowest BCUT2D eigenvalue weighted by molar-refractivity contribution is -0.144. The molecule has 0 aromatic rings. The smallest absolute Gasteiger partial charge is 0.464 e. The summed E-state index contributed by atoms with van der Waals surface area (Å²) in [7, 11) is -2.56. The van der Waals surface area contributed by atoms with Gasteiger partial charge in [0.2, 0.25) is 0 Å². The second-order valence-electron chi connectivity index (χ2n) is 2.98. The van der Waals surface area contributed by atoms with Gasteiger partial charge in [0.15, 0.2) is 6.10 Å². The average Bonchev–Trinajstić information content (AvgIpc) is 2.33. The molecular weight excluding hydrogens is 269 g/mol. The number of carbonyl (C=O) groups is 2. The van der Waals surface area contributed by atoms with Gasteiger partial charge >= 0.3 is 7.82 Å². The highest BCUT2D eigenvalue weighted by molar-refractivity contribution is 7.47. The van der Waals surface area contributed by atoms with E-state index >= 15 is 0 Å². The van der Waals surface area contributed by atoms with Crippen LogP contribution in [-0.2, 0) is 32.7 Å². The molecule has 0 aromatic carbocycles. The number of likely N-dealkylation sites (N-methyl/N-ethyl adjacent to an activating group) is 1. The van der Waals surface area contributed by atoms with Gasteiger partial charge in [-0.05, 0) is 7.05 Å². The van der Waals surface area contributed by atoms with Gasteiger partial charge in [0.25, 0.3) is 12.9 Å². The predicted octanol–water partition coefficient (Wildman–Crippen LogP) is -0.946. The quantitative estimate of drug-likeness (QED) is 0.265. The first kappa shape index (κ1) is 17.0. The minimum absolute atomic E-state index is 0.0195. The summed E-state index contributed by atoms with van der Waals surface area (Å²) in [5.74, 6) is 0. The molecule has 0 aliphatic carbocycles. The van der Waals surface area contributed by atoms with E-state index in [0.717, 1.165) is 0 Å². The minimum Gasteiger partial charge on any atom is -0.464 e. The van der Waals surface area contributed by atoms with Crippen molar-refractivity contribution < 1.29 is 37.6 Å². The van der Waals surface area contributed by atoms with Crippen LogP contribution >= 0.6 is 7.82 Å². The van der Waals surface area contributed by atoms with Gasteiger partial charge in [-0.15, -0.1) is 0 Å². The number of phosphoric ester groups is 1. The highest BCUT2D eigenvalue weighted by Crippen LogP contribution is 2.42. The molecule has 0 fully saturated rings. The van der Waals surface area contributed by atoms with E-state index in [4.69, 9.17) is 0 Å². The number of rotatable bonds is 12. The first-order valence-electron chi connectivity index (χ1n) is 4.96. The van der Waals surface area contributed by atoms with Crippen molar-refractivity contribution in [2.75, 3.05) is 33.4 Å². The number of carbonyl (C=O) groups excluding carboxylic acids is 2. The lowest BCUT2D eigenvalue weighted by Gasteiger charge is -2.16. The Labute approximate surface area is 104 Å². The van der Waals surface area contributed by atoms with Crippen molar-refractivity contribution in [1.29, 1.82) is 0 Å². The molecule has 0 bridgehead atoms. The van der Waals surface area contributed by atoms with E-state index in [2.05, 4.69) is 23.8 Å². The van der Waals surface area contributed by atoms with Crippen molar-refractivity contribution in [3.8, 4) is 0 Å². The Morgan fingerprint density at radius 3 is 2.56 bits per heavy atom. The molecule has 0 spiro atoms.